The van der Waals surface area contributed by atoms with E-state index in [9.17, 15) is 0 Å². The van der Waals surface area contributed by atoms with Crippen LogP contribution in [-0.4, -0.2) is 30.1 Å². The first-order valence-corrected chi connectivity index (χ1v) is 6.90. The summed E-state index contributed by atoms with van der Waals surface area (Å²) in [6.45, 7) is 3.17. The van der Waals surface area contributed by atoms with Crippen LogP contribution in [0.1, 0.15) is 38.2 Å². The van der Waals surface area contributed by atoms with Gasteiger partial charge >= 0.3 is 0 Å². The smallest absolute Gasteiger partial charge is 0.225 e. The fourth-order valence-corrected chi connectivity index (χ4v) is 2.85. The Morgan fingerprint density at radius 2 is 1.94 bits per heavy atom. The van der Waals surface area contributed by atoms with E-state index >= 15 is 0 Å². The summed E-state index contributed by atoms with van der Waals surface area (Å²) in [5.74, 6) is 1.60. The minimum atomic E-state index is 0.592. The maximum absolute atomic E-state index is 4.48. The zero-order valence-corrected chi connectivity index (χ0v) is 11.7. The molecule has 18 heavy (non-hydrogen) atoms. The predicted molar refractivity (Wildman–Crippen MR) is 74.6 cm³/mol. The third kappa shape index (κ3) is 2.99. The summed E-state index contributed by atoms with van der Waals surface area (Å²) < 4.78 is 0. The largest absolute Gasteiger partial charge is 0.341 e. The number of nitrogens with zero attached hydrogens (tertiary/aromatic N) is 3. The molecule has 2 atom stereocenters. The Bertz CT molecular complexity index is 363. The number of anilines is 1. The lowest BCUT2D eigenvalue weighted by Crippen LogP contribution is -2.39. The van der Waals surface area contributed by atoms with Crippen LogP contribution in [0.4, 0.5) is 5.95 Å². The van der Waals surface area contributed by atoms with E-state index in [1.165, 1.54) is 25.7 Å². The molecule has 2 rings (SSSR count). The van der Waals surface area contributed by atoms with Crippen molar-refractivity contribution < 1.29 is 0 Å². The van der Waals surface area contributed by atoms with Crippen LogP contribution in [0.2, 0.25) is 0 Å². The van der Waals surface area contributed by atoms with Crippen molar-refractivity contribution in [1.29, 1.82) is 0 Å². The van der Waals surface area contributed by atoms with E-state index in [4.69, 9.17) is 0 Å². The van der Waals surface area contributed by atoms with Crippen LogP contribution < -0.4 is 10.2 Å². The van der Waals surface area contributed by atoms with Gasteiger partial charge in [-0.05, 0) is 25.8 Å². The topological polar surface area (TPSA) is 41.1 Å². The molecule has 1 N–H and O–H groups in total. The molecule has 0 spiro atoms. The molecule has 1 aliphatic rings. The Hall–Kier alpha value is -1.16. The zero-order chi connectivity index (χ0) is 13.0. The SMILES string of the molecule is CNCc1cnc(N(C)C2CCCCC2C)nc1. The monoisotopic (exact) mass is 248 g/mol. The molecule has 4 heteroatoms. The van der Waals surface area contributed by atoms with Crippen LogP contribution in [0.15, 0.2) is 12.4 Å². The van der Waals surface area contributed by atoms with Gasteiger partial charge in [-0.3, -0.25) is 0 Å². The fourth-order valence-electron chi connectivity index (χ4n) is 2.85. The molecule has 0 radical (unpaired) electrons. The molecule has 1 saturated carbocycles. The summed E-state index contributed by atoms with van der Waals surface area (Å²) in [5, 5.41) is 3.11. The highest BCUT2D eigenvalue weighted by Gasteiger charge is 2.26. The maximum atomic E-state index is 4.48. The summed E-state index contributed by atoms with van der Waals surface area (Å²) in [6.07, 6.45) is 9.13. The van der Waals surface area contributed by atoms with Gasteiger partial charge in [-0.25, -0.2) is 9.97 Å². The number of hydrogen-bond acceptors (Lipinski definition) is 4. The van der Waals surface area contributed by atoms with Gasteiger partial charge in [0.05, 0.1) is 0 Å². The van der Waals surface area contributed by atoms with E-state index in [2.05, 4.69) is 34.2 Å². The lowest BCUT2D eigenvalue weighted by molar-refractivity contribution is 0.319. The standard InChI is InChI=1S/C14H24N4/c1-11-6-4-5-7-13(11)18(3)14-16-9-12(8-15-2)10-17-14/h9-11,13,15H,4-8H2,1-3H3. The normalized spacial score (nSPS) is 23.9. The molecule has 0 amide bonds. The Morgan fingerprint density at radius 3 is 2.56 bits per heavy atom. The maximum Gasteiger partial charge on any atom is 0.225 e. The van der Waals surface area contributed by atoms with Crippen LogP contribution in [0, 0.1) is 5.92 Å². The summed E-state index contributed by atoms with van der Waals surface area (Å²) >= 11 is 0. The van der Waals surface area contributed by atoms with E-state index in [0.29, 0.717) is 6.04 Å². The molecular formula is C14H24N4. The lowest BCUT2D eigenvalue weighted by Gasteiger charge is -2.36. The Balaban J connectivity index is 2.05. The van der Waals surface area contributed by atoms with Crippen molar-refractivity contribution in [3.8, 4) is 0 Å². The highest BCUT2D eigenvalue weighted by atomic mass is 15.3. The van der Waals surface area contributed by atoms with Crippen molar-refractivity contribution in [2.45, 2.75) is 45.2 Å². The van der Waals surface area contributed by atoms with Crippen LogP contribution in [0.25, 0.3) is 0 Å². The first kappa shape index (κ1) is 13.3. The van der Waals surface area contributed by atoms with Gasteiger partial charge < -0.3 is 10.2 Å². The van der Waals surface area contributed by atoms with Gasteiger partial charge in [-0.15, -0.1) is 0 Å². The number of rotatable bonds is 4. The second-order valence-corrected chi connectivity index (χ2v) is 5.36. The Morgan fingerprint density at radius 1 is 1.28 bits per heavy atom. The van der Waals surface area contributed by atoms with E-state index in [-0.39, 0.29) is 0 Å². The molecule has 0 aromatic carbocycles. The third-order valence-corrected chi connectivity index (χ3v) is 3.95. The molecular weight excluding hydrogens is 224 g/mol. The minimum Gasteiger partial charge on any atom is -0.341 e. The summed E-state index contributed by atoms with van der Waals surface area (Å²) in [6, 6.07) is 0.592. The van der Waals surface area contributed by atoms with E-state index in [0.717, 1.165) is 24.0 Å². The number of aromatic nitrogens is 2. The van der Waals surface area contributed by atoms with Gasteiger partial charge in [-0.2, -0.15) is 0 Å². The summed E-state index contributed by atoms with van der Waals surface area (Å²) in [7, 11) is 4.06. The van der Waals surface area contributed by atoms with Gasteiger partial charge in [-0.1, -0.05) is 19.8 Å². The van der Waals surface area contributed by atoms with Crippen LogP contribution in [0.3, 0.4) is 0 Å². The lowest BCUT2D eigenvalue weighted by atomic mass is 9.85. The highest BCUT2D eigenvalue weighted by Crippen LogP contribution is 2.28. The molecule has 100 valence electrons. The second-order valence-electron chi connectivity index (χ2n) is 5.36. The van der Waals surface area contributed by atoms with Crippen molar-refractivity contribution in [3.63, 3.8) is 0 Å². The van der Waals surface area contributed by atoms with E-state index < -0.39 is 0 Å². The van der Waals surface area contributed by atoms with Crippen molar-refractivity contribution in [2.75, 3.05) is 19.0 Å². The first-order valence-electron chi connectivity index (χ1n) is 6.90. The van der Waals surface area contributed by atoms with Crippen molar-refractivity contribution in [3.05, 3.63) is 18.0 Å². The van der Waals surface area contributed by atoms with Crippen molar-refractivity contribution in [1.82, 2.24) is 15.3 Å². The second kappa shape index (κ2) is 6.14. The van der Waals surface area contributed by atoms with Crippen LogP contribution in [-0.2, 0) is 6.54 Å². The van der Waals surface area contributed by atoms with E-state index in [1.54, 1.807) is 0 Å². The molecule has 1 aromatic heterocycles. The molecule has 1 aromatic rings. The van der Waals surface area contributed by atoms with Gasteiger partial charge in [0.2, 0.25) is 5.95 Å². The quantitative estimate of drug-likeness (QED) is 0.887. The Kier molecular flexibility index (Phi) is 4.53. The zero-order valence-electron chi connectivity index (χ0n) is 11.7. The average molecular weight is 248 g/mol. The molecule has 4 nitrogen and oxygen atoms in total. The highest BCUT2D eigenvalue weighted by molar-refractivity contribution is 5.30. The molecule has 2 unspecified atom stereocenters. The molecule has 0 bridgehead atoms. The minimum absolute atomic E-state index is 0.592. The van der Waals surface area contributed by atoms with E-state index in [1.807, 2.05) is 19.4 Å². The van der Waals surface area contributed by atoms with Gasteiger partial charge in [0.1, 0.15) is 0 Å². The predicted octanol–water partition coefficient (Wildman–Crippen LogP) is 2.21. The van der Waals surface area contributed by atoms with Crippen LogP contribution in [0.5, 0.6) is 0 Å². The van der Waals surface area contributed by atoms with Gasteiger partial charge in [0.25, 0.3) is 0 Å². The summed E-state index contributed by atoms with van der Waals surface area (Å²) in [4.78, 5) is 11.2. The summed E-state index contributed by atoms with van der Waals surface area (Å²) in [5.41, 5.74) is 1.13. The van der Waals surface area contributed by atoms with Gasteiger partial charge in [0, 0.05) is 37.6 Å². The van der Waals surface area contributed by atoms with Gasteiger partial charge in [0.15, 0.2) is 0 Å². The number of nitrogens with one attached hydrogen (secondary N) is 1. The Labute approximate surface area is 110 Å². The molecule has 0 saturated heterocycles. The first-order chi connectivity index (χ1) is 8.72. The molecule has 1 aliphatic carbocycles. The fraction of sp³-hybridized carbons (Fsp3) is 0.714. The molecule has 1 fully saturated rings. The van der Waals surface area contributed by atoms with Crippen molar-refractivity contribution in [2.24, 2.45) is 5.92 Å². The third-order valence-electron chi connectivity index (χ3n) is 3.95. The van der Waals surface area contributed by atoms with Crippen molar-refractivity contribution >= 4 is 5.95 Å². The average Bonchev–Trinajstić information content (AvgIpc) is 2.40. The number of hydrogen-bond donors (Lipinski definition) is 1. The van der Waals surface area contributed by atoms with Crippen LogP contribution >= 0.6 is 0 Å². The molecule has 0 aliphatic heterocycles. The molecule has 1 heterocycles.